The maximum atomic E-state index is 12.4. The van der Waals surface area contributed by atoms with E-state index in [1.54, 1.807) is 6.92 Å². The number of carbonyl (C=O) groups excluding carboxylic acids is 3. The Labute approximate surface area is 174 Å². The summed E-state index contributed by atoms with van der Waals surface area (Å²) < 4.78 is 5.45. The van der Waals surface area contributed by atoms with Gasteiger partial charge in [0.05, 0.1) is 6.61 Å². The van der Waals surface area contributed by atoms with Gasteiger partial charge >= 0.3 is 6.09 Å². The lowest BCUT2D eigenvalue weighted by molar-refractivity contribution is -0.135. The lowest BCUT2D eigenvalue weighted by atomic mass is 9.98. The van der Waals surface area contributed by atoms with Gasteiger partial charge in [-0.05, 0) is 29.2 Å². The zero-order chi connectivity index (χ0) is 21.5. The van der Waals surface area contributed by atoms with Crippen molar-refractivity contribution in [3.63, 3.8) is 0 Å². The molecule has 3 N–H and O–H groups in total. The van der Waals surface area contributed by atoms with Gasteiger partial charge in [0.2, 0.25) is 5.91 Å². The number of hydrogen-bond donors (Lipinski definition) is 3. The molecule has 0 heterocycles. The minimum atomic E-state index is -1.03. The van der Waals surface area contributed by atoms with E-state index in [1.165, 1.54) is 6.92 Å². The van der Waals surface area contributed by atoms with Crippen molar-refractivity contribution in [1.29, 1.82) is 0 Å². The topological polar surface area (TPSA) is 106 Å². The van der Waals surface area contributed by atoms with Gasteiger partial charge in [-0.3, -0.25) is 14.4 Å². The first-order chi connectivity index (χ1) is 14.5. The van der Waals surface area contributed by atoms with Gasteiger partial charge in [-0.15, -0.1) is 0 Å². The SMILES string of the molecule is CCONC(=O)C(CNC(C)=O)NC(=O)OCC1c2ccccc2-c2ccccc21. The molecule has 158 valence electrons. The number of hydroxylamine groups is 1. The second kappa shape index (κ2) is 9.89. The molecular weight excluding hydrogens is 386 g/mol. The van der Waals surface area contributed by atoms with Crippen LogP contribution in [0.5, 0.6) is 0 Å². The van der Waals surface area contributed by atoms with Crippen LogP contribution in [0, 0.1) is 0 Å². The standard InChI is InChI=1S/C22H25N3O5/c1-3-30-25-21(27)20(12-23-14(2)26)24-22(28)29-13-19-17-10-6-4-8-15(17)16-9-5-7-11-18(16)19/h4-11,19-20H,3,12-13H2,1-2H3,(H,23,26)(H,24,28)(H,25,27). The Kier molecular flexibility index (Phi) is 7.03. The first-order valence-electron chi connectivity index (χ1n) is 9.78. The maximum absolute atomic E-state index is 12.4. The molecule has 0 bridgehead atoms. The van der Waals surface area contributed by atoms with Crippen molar-refractivity contribution < 1.29 is 24.0 Å². The molecule has 1 unspecified atom stereocenters. The summed E-state index contributed by atoms with van der Waals surface area (Å²) >= 11 is 0. The van der Waals surface area contributed by atoms with E-state index in [2.05, 4.69) is 28.2 Å². The molecule has 3 amide bonds. The van der Waals surface area contributed by atoms with Crippen LogP contribution in [0.15, 0.2) is 48.5 Å². The summed E-state index contributed by atoms with van der Waals surface area (Å²) in [7, 11) is 0. The molecule has 2 aromatic rings. The molecule has 0 saturated heterocycles. The van der Waals surface area contributed by atoms with Crippen LogP contribution in [0.3, 0.4) is 0 Å². The molecule has 0 aromatic heterocycles. The summed E-state index contributed by atoms with van der Waals surface area (Å²) in [4.78, 5) is 40.6. The lowest BCUT2D eigenvalue weighted by Gasteiger charge is -2.19. The van der Waals surface area contributed by atoms with E-state index >= 15 is 0 Å². The van der Waals surface area contributed by atoms with Crippen molar-refractivity contribution in [2.45, 2.75) is 25.8 Å². The average Bonchev–Trinajstić information content (AvgIpc) is 3.07. The predicted octanol–water partition coefficient (Wildman–Crippen LogP) is 2.10. The zero-order valence-corrected chi connectivity index (χ0v) is 16.9. The monoisotopic (exact) mass is 411 g/mol. The summed E-state index contributed by atoms with van der Waals surface area (Å²) in [5.74, 6) is -0.994. The molecule has 8 nitrogen and oxygen atoms in total. The van der Waals surface area contributed by atoms with Crippen LogP contribution < -0.4 is 16.1 Å². The fourth-order valence-electron chi connectivity index (χ4n) is 3.45. The third-order valence-electron chi connectivity index (χ3n) is 4.82. The fourth-order valence-corrected chi connectivity index (χ4v) is 3.45. The van der Waals surface area contributed by atoms with E-state index in [0.29, 0.717) is 0 Å². The van der Waals surface area contributed by atoms with E-state index < -0.39 is 18.0 Å². The van der Waals surface area contributed by atoms with Crippen LogP contribution in [0.25, 0.3) is 11.1 Å². The number of nitrogens with one attached hydrogen (secondary N) is 3. The molecule has 8 heteroatoms. The van der Waals surface area contributed by atoms with Crippen LogP contribution >= 0.6 is 0 Å². The van der Waals surface area contributed by atoms with Gasteiger partial charge in [0.15, 0.2) is 0 Å². The van der Waals surface area contributed by atoms with Crippen molar-refractivity contribution in [3.05, 3.63) is 59.7 Å². The Hall–Kier alpha value is -3.39. The molecular formula is C22H25N3O5. The molecule has 0 fully saturated rings. The molecule has 0 saturated carbocycles. The summed E-state index contributed by atoms with van der Waals surface area (Å²) in [6.07, 6.45) is -0.751. The number of ether oxygens (including phenoxy) is 1. The van der Waals surface area contributed by atoms with E-state index in [4.69, 9.17) is 9.57 Å². The first-order valence-corrected chi connectivity index (χ1v) is 9.78. The summed E-state index contributed by atoms with van der Waals surface area (Å²) in [5, 5.41) is 4.99. The number of rotatable bonds is 8. The van der Waals surface area contributed by atoms with Crippen LogP contribution in [-0.4, -0.2) is 43.7 Å². The Morgan fingerprint density at radius 1 is 1.00 bits per heavy atom. The Morgan fingerprint density at radius 2 is 1.60 bits per heavy atom. The fraction of sp³-hybridized carbons (Fsp3) is 0.318. The van der Waals surface area contributed by atoms with Crippen molar-refractivity contribution >= 4 is 17.9 Å². The van der Waals surface area contributed by atoms with Crippen molar-refractivity contribution in [3.8, 4) is 11.1 Å². The van der Waals surface area contributed by atoms with Gasteiger partial charge in [0.25, 0.3) is 5.91 Å². The van der Waals surface area contributed by atoms with E-state index in [1.807, 2.05) is 36.4 Å². The predicted molar refractivity (Wildman–Crippen MR) is 110 cm³/mol. The van der Waals surface area contributed by atoms with Crippen molar-refractivity contribution in [2.24, 2.45) is 0 Å². The van der Waals surface area contributed by atoms with Gasteiger partial charge in [-0.25, -0.2) is 10.3 Å². The average molecular weight is 411 g/mol. The molecule has 1 aliphatic rings. The lowest BCUT2D eigenvalue weighted by Crippen LogP contribution is -2.52. The minimum Gasteiger partial charge on any atom is -0.449 e. The largest absolute Gasteiger partial charge is 0.449 e. The molecule has 3 rings (SSSR count). The van der Waals surface area contributed by atoms with Crippen LogP contribution in [0.2, 0.25) is 0 Å². The third kappa shape index (κ3) is 4.96. The van der Waals surface area contributed by atoms with E-state index in [0.717, 1.165) is 22.3 Å². The smallest absolute Gasteiger partial charge is 0.407 e. The van der Waals surface area contributed by atoms with Gasteiger partial charge in [-0.1, -0.05) is 48.5 Å². The Bertz CT molecular complexity index is 885. The number of amides is 3. The molecule has 0 spiro atoms. The van der Waals surface area contributed by atoms with Crippen LogP contribution in [0.4, 0.5) is 4.79 Å². The van der Waals surface area contributed by atoms with Crippen molar-refractivity contribution in [1.82, 2.24) is 16.1 Å². The van der Waals surface area contributed by atoms with Crippen LogP contribution in [0.1, 0.15) is 30.9 Å². The zero-order valence-electron chi connectivity index (χ0n) is 16.9. The maximum Gasteiger partial charge on any atom is 0.407 e. The number of alkyl carbamates (subject to hydrolysis) is 1. The highest BCUT2D eigenvalue weighted by molar-refractivity contribution is 5.86. The second-order valence-electron chi connectivity index (χ2n) is 6.86. The highest BCUT2D eigenvalue weighted by Gasteiger charge is 2.29. The van der Waals surface area contributed by atoms with E-state index in [-0.39, 0.29) is 31.6 Å². The number of benzene rings is 2. The minimum absolute atomic E-state index is 0.0849. The molecule has 1 aliphatic carbocycles. The third-order valence-corrected chi connectivity index (χ3v) is 4.82. The van der Waals surface area contributed by atoms with Gasteiger partial charge in [-0.2, -0.15) is 0 Å². The van der Waals surface area contributed by atoms with Gasteiger partial charge in [0.1, 0.15) is 12.6 Å². The number of hydrogen-bond acceptors (Lipinski definition) is 5. The normalized spacial score (nSPS) is 13.0. The first kappa shape index (κ1) is 21.3. The molecule has 30 heavy (non-hydrogen) atoms. The summed E-state index contributed by atoms with van der Waals surface area (Å²) in [6, 6.07) is 15.0. The molecule has 2 aromatic carbocycles. The van der Waals surface area contributed by atoms with E-state index in [9.17, 15) is 14.4 Å². The van der Waals surface area contributed by atoms with Crippen molar-refractivity contribution in [2.75, 3.05) is 19.8 Å². The van der Waals surface area contributed by atoms with Crippen LogP contribution in [-0.2, 0) is 19.2 Å². The molecule has 0 aliphatic heterocycles. The summed E-state index contributed by atoms with van der Waals surface area (Å²) in [6.45, 7) is 3.34. The highest BCUT2D eigenvalue weighted by Crippen LogP contribution is 2.44. The Morgan fingerprint density at radius 3 is 2.17 bits per heavy atom. The molecule has 0 radical (unpaired) electrons. The Balaban J connectivity index is 1.65. The number of fused-ring (bicyclic) bond motifs is 3. The second-order valence-corrected chi connectivity index (χ2v) is 6.86. The quantitative estimate of drug-likeness (QED) is 0.577. The van der Waals surface area contributed by atoms with Gasteiger partial charge < -0.3 is 15.4 Å². The highest BCUT2D eigenvalue weighted by atomic mass is 16.6. The number of carbonyl (C=O) groups is 3. The summed E-state index contributed by atoms with van der Waals surface area (Å²) in [5.41, 5.74) is 6.66. The molecule has 1 atom stereocenters. The van der Waals surface area contributed by atoms with Gasteiger partial charge in [0, 0.05) is 19.4 Å².